The predicted molar refractivity (Wildman–Crippen MR) is 133 cm³/mol. The maximum atomic E-state index is 13.8. The van der Waals surface area contributed by atoms with E-state index in [0.29, 0.717) is 28.3 Å². The summed E-state index contributed by atoms with van der Waals surface area (Å²) >= 11 is 0. The number of aryl methyl sites for hydroxylation is 1. The Labute approximate surface area is 201 Å². The number of halogens is 1. The largest absolute Gasteiger partial charge is 0.493 e. The molecule has 3 N–H and O–H groups in total. The lowest BCUT2D eigenvalue weighted by Gasteiger charge is -2.24. The molecule has 35 heavy (non-hydrogen) atoms. The normalized spacial score (nSPS) is 11.5. The van der Waals surface area contributed by atoms with Gasteiger partial charge in [0.1, 0.15) is 17.3 Å². The highest BCUT2D eigenvalue weighted by atomic mass is 19.1. The summed E-state index contributed by atoms with van der Waals surface area (Å²) < 4.78 is 25.4. The molecular formula is C27H26FN3O4. The fraction of sp³-hybridized carbons (Fsp3) is 0.222. The van der Waals surface area contributed by atoms with Gasteiger partial charge >= 0.3 is 0 Å². The van der Waals surface area contributed by atoms with Gasteiger partial charge in [0.15, 0.2) is 16.9 Å². The third kappa shape index (κ3) is 4.59. The number of H-pyrrole nitrogens is 1. The van der Waals surface area contributed by atoms with Crippen LogP contribution in [0.5, 0.6) is 17.2 Å². The van der Waals surface area contributed by atoms with Crippen molar-refractivity contribution < 1.29 is 18.7 Å². The smallest absolute Gasteiger partial charge is 0.268 e. The molecule has 0 fully saturated rings. The van der Waals surface area contributed by atoms with Gasteiger partial charge in [-0.3, -0.25) is 14.6 Å². The molecule has 0 spiro atoms. The minimum absolute atomic E-state index is 0.0948. The number of aromatic nitrogens is 2. The first-order valence-corrected chi connectivity index (χ1v) is 11.0. The van der Waals surface area contributed by atoms with Gasteiger partial charge in [-0.25, -0.2) is 4.39 Å². The van der Waals surface area contributed by atoms with Crippen LogP contribution in [-0.2, 0) is 5.41 Å². The molecule has 4 rings (SSSR count). The number of carbonyl (C=O) groups excluding carboxylic acids is 1. The van der Waals surface area contributed by atoms with Crippen LogP contribution in [0.15, 0.2) is 53.5 Å². The van der Waals surface area contributed by atoms with Crippen LogP contribution in [0.25, 0.3) is 22.2 Å². The van der Waals surface area contributed by atoms with Gasteiger partial charge in [-0.15, -0.1) is 0 Å². The summed E-state index contributed by atoms with van der Waals surface area (Å²) in [6, 6.07) is 11.0. The lowest BCUT2D eigenvalue weighted by Crippen LogP contribution is -2.18. The molecule has 0 unspecified atom stereocenters. The van der Waals surface area contributed by atoms with Gasteiger partial charge in [0.25, 0.3) is 5.91 Å². The summed E-state index contributed by atoms with van der Waals surface area (Å²) in [5.74, 6) is -0.222. The third-order valence-electron chi connectivity index (χ3n) is 5.76. The Hall–Kier alpha value is -4.20. The SMILES string of the molecule is COc1cc(F)ccc1Oc1cc(C(C)(C)C)cc(C)c1-c1cc(=O)c2c(C(N)=O)nccc2[nH]1. The summed E-state index contributed by atoms with van der Waals surface area (Å²) in [5, 5.41) is 0.121. The van der Waals surface area contributed by atoms with Crippen molar-refractivity contribution >= 4 is 16.8 Å². The second-order valence-electron chi connectivity index (χ2n) is 9.31. The Morgan fingerprint density at radius 2 is 1.80 bits per heavy atom. The molecule has 0 bridgehead atoms. The predicted octanol–water partition coefficient (Wildman–Crippen LogP) is 5.23. The number of benzene rings is 2. The van der Waals surface area contributed by atoms with Crippen molar-refractivity contribution in [2.75, 3.05) is 7.11 Å². The molecule has 0 aliphatic carbocycles. The van der Waals surface area contributed by atoms with E-state index in [4.69, 9.17) is 15.2 Å². The van der Waals surface area contributed by atoms with Gasteiger partial charge in [0.2, 0.25) is 0 Å². The van der Waals surface area contributed by atoms with Crippen molar-refractivity contribution in [3.63, 3.8) is 0 Å². The van der Waals surface area contributed by atoms with Gasteiger partial charge in [0, 0.05) is 23.9 Å². The lowest BCUT2D eigenvalue weighted by atomic mass is 9.84. The van der Waals surface area contributed by atoms with Crippen LogP contribution in [0.2, 0.25) is 0 Å². The molecule has 180 valence electrons. The highest BCUT2D eigenvalue weighted by molar-refractivity contribution is 6.03. The molecule has 2 aromatic carbocycles. The molecule has 2 heterocycles. The standard InChI is InChI=1S/C27H26FN3O4/c1-14-10-15(27(2,3)4)11-22(35-20-7-6-16(28)12-21(20)34-5)23(14)18-13-19(32)24-17(31-18)8-9-30-25(24)26(29)33/h6-13H,1-5H3,(H2,29,33)(H,31,32). The number of amides is 1. The van der Waals surface area contributed by atoms with E-state index in [1.807, 2.05) is 19.1 Å². The highest BCUT2D eigenvalue weighted by Crippen LogP contribution is 2.41. The number of ether oxygens (including phenoxy) is 2. The molecule has 1 amide bonds. The number of rotatable bonds is 5. The average molecular weight is 476 g/mol. The number of hydrogen-bond acceptors (Lipinski definition) is 5. The summed E-state index contributed by atoms with van der Waals surface area (Å²) in [6.45, 7) is 8.17. The quantitative estimate of drug-likeness (QED) is 0.411. The number of nitrogens with two attached hydrogens (primary N) is 1. The van der Waals surface area contributed by atoms with E-state index in [9.17, 15) is 14.0 Å². The average Bonchev–Trinajstić information content (AvgIpc) is 2.78. The maximum Gasteiger partial charge on any atom is 0.268 e. The van der Waals surface area contributed by atoms with Crippen LogP contribution >= 0.6 is 0 Å². The van der Waals surface area contributed by atoms with Crippen molar-refractivity contribution in [1.82, 2.24) is 9.97 Å². The monoisotopic (exact) mass is 475 g/mol. The van der Waals surface area contributed by atoms with Crippen molar-refractivity contribution in [3.8, 4) is 28.5 Å². The molecule has 7 nitrogen and oxygen atoms in total. The first-order valence-electron chi connectivity index (χ1n) is 11.0. The Morgan fingerprint density at radius 3 is 2.46 bits per heavy atom. The van der Waals surface area contributed by atoms with Gasteiger partial charge in [0.05, 0.1) is 23.7 Å². The molecule has 0 aliphatic rings. The first kappa shape index (κ1) is 23.9. The van der Waals surface area contributed by atoms with E-state index in [2.05, 4.69) is 30.7 Å². The summed E-state index contributed by atoms with van der Waals surface area (Å²) in [6.07, 6.45) is 1.42. The number of primary amides is 1. The zero-order valence-electron chi connectivity index (χ0n) is 20.2. The van der Waals surface area contributed by atoms with Gasteiger partial charge in [-0.05, 0) is 47.7 Å². The number of hydrogen-bond donors (Lipinski definition) is 2. The highest BCUT2D eigenvalue weighted by Gasteiger charge is 2.22. The lowest BCUT2D eigenvalue weighted by molar-refractivity contribution is 0.0997. The van der Waals surface area contributed by atoms with Crippen LogP contribution in [-0.4, -0.2) is 23.0 Å². The van der Waals surface area contributed by atoms with Crippen molar-refractivity contribution in [2.45, 2.75) is 33.1 Å². The molecular weight excluding hydrogens is 449 g/mol. The summed E-state index contributed by atoms with van der Waals surface area (Å²) in [7, 11) is 1.44. The number of fused-ring (bicyclic) bond motifs is 1. The Morgan fingerprint density at radius 1 is 1.06 bits per heavy atom. The van der Waals surface area contributed by atoms with E-state index >= 15 is 0 Å². The molecule has 8 heteroatoms. The topological polar surface area (TPSA) is 107 Å². The summed E-state index contributed by atoms with van der Waals surface area (Å²) in [4.78, 5) is 32.1. The maximum absolute atomic E-state index is 13.8. The van der Waals surface area contributed by atoms with Gasteiger partial charge < -0.3 is 20.2 Å². The number of carbonyl (C=O) groups is 1. The number of nitrogens with one attached hydrogen (secondary N) is 1. The van der Waals surface area contributed by atoms with Crippen LogP contribution in [0.1, 0.15) is 42.4 Å². The number of aromatic amines is 1. The number of methoxy groups -OCH3 is 1. The van der Waals surface area contributed by atoms with E-state index in [1.54, 1.807) is 6.07 Å². The van der Waals surface area contributed by atoms with Gasteiger partial charge in [-0.2, -0.15) is 0 Å². The minimum atomic E-state index is -0.785. The van der Waals surface area contributed by atoms with Crippen molar-refractivity contribution in [2.24, 2.45) is 5.73 Å². The van der Waals surface area contributed by atoms with E-state index in [-0.39, 0.29) is 22.2 Å². The molecule has 0 saturated carbocycles. The van der Waals surface area contributed by atoms with E-state index in [1.165, 1.54) is 37.6 Å². The fourth-order valence-electron chi connectivity index (χ4n) is 3.98. The second kappa shape index (κ2) is 8.87. The Balaban J connectivity index is 1.98. The number of pyridine rings is 2. The summed E-state index contributed by atoms with van der Waals surface area (Å²) in [5.41, 5.74) is 8.14. The van der Waals surface area contributed by atoms with Crippen LogP contribution in [0.3, 0.4) is 0 Å². The van der Waals surface area contributed by atoms with Crippen molar-refractivity contribution in [3.05, 3.63) is 81.5 Å². The molecule has 2 aromatic heterocycles. The third-order valence-corrected chi connectivity index (χ3v) is 5.76. The number of nitrogens with zero attached hydrogens (tertiary/aromatic N) is 1. The fourth-order valence-corrected chi connectivity index (χ4v) is 3.98. The zero-order valence-corrected chi connectivity index (χ0v) is 20.2. The first-order chi connectivity index (χ1) is 16.5. The van der Waals surface area contributed by atoms with Gasteiger partial charge in [-0.1, -0.05) is 26.8 Å². The van der Waals surface area contributed by atoms with Crippen LogP contribution in [0.4, 0.5) is 4.39 Å². The van der Waals surface area contributed by atoms with E-state index in [0.717, 1.165) is 11.1 Å². The Kier molecular flexibility index (Phi) is 6.06. The molecule has 4 aromatic rings. The van der Waals surface area contributed by atoms with Crippen LogP contribution in [0, 0.1) is 12.7 Å². The molecule has 0 aliphatic heterocycles. The second-order valence-corrected chi connectivity index (χ2v) is 9.31. The van der Waals surface area contributed by atoms with Crippen LogP contribution < -0.4 is 20.6 Å². The molecule has 0 atom stereocenters. The molecule has 0 radical (unpaired) electrons. The Bertz CT molecular complexity index is 1520. The zero-order chi connectivity index (χ0) is 25.5. The van der Waals surface area contributed by atoms with E-state index < -0.39 is 17.2 Å². The minimum Gasteiger partial charge on any atom is -0.493 e. The van der Waals surface area contributed by atoms with Crippen molar-refractivity contribution in [1.29, 1.82) is 0 Å². The molecule has 0 saturated heterocycles.